The van der Waals surface area contributed by atoms with Crippen LogP contribution in [-0.4, -0.2) is 51.2 Å². The monoisotopic (exact) mass is 354 g/mol. The van der Waals surface area contributed by atoms with Crippen molar-refractivity contribution >= 4 is 46.8 Å². The molecule has 1 heterocycles. The average molecular weight is 355 g/mol. The number of thioether (sulfide) groups is 1. The molecular formula is C13H15ClN6O2S. The number of nitrogens with one attached hydrogen (secondary N) is 2. The Labute approximate surface area is 141 Å². The van der Waals surface area contributed by atoms with E-state index in [-0.39, 0.29) is 30.1 Å². The summed E-state index contributed by atoms with van der Waals surface area (Å²) in [5, 5.41) is 9.76. The molecule has 0 fully saturated rings. The SMILES string of the molecule is CN(CC(=O)Nc1ccccc1Cl)C(=O)CSc1n[nH]c(N)n1. The average Bonchev–Trinajstić information content (AvgIpc) is 2.92. The van der Waals surface area contributed by atoms with Gasteiger partial charge in [-0.1, -0.05) is 35.5 Å². The standard InChI is InChI=1S/C13H15ClN6O2S/c1-20(11(22)7-23-13-17-12(15)18-19-13)6-10(21)16-9-5-3-2-4-8(9)14/h2-5H,6-7H2,1H3,(H,16,21)(H3,15,17,18,19). The molecule has 0 aliphatic rings. The van der Waals surface area contributed by atoms with Crippen LogP contribution in [0.15, 0.2) is 29.4 Å². The van der Waals surface area contributed by atoms with Crippen LogP contribution in [0.2, 0.25) is 5.02 Å². The van der Waals surface area contributed by atoms with Gasteiger partial charge < -0.3 is 16.0 Å². The topological polar surface area (TPSA) is 117 Å². The lowest BCUT2D eigenvalue weighted by molar-refractivity contribution is -0.131. The molecule has 122 valence electrons. The van der Waals surface area contributed by atoms with Crippen molar-refractivity contribution in [2.75, 3.05) is 30.4 Å². The van der Waals surface area contributed by atoms with Gasteiger partial charge in [-0.3, -0.25) is 9.59 Å². The summed E-state index contributed by atoms with van der Waals surface area (Å²) >= 11 is 7.10. The molecule has 0 saturated carbocycles. The molecule has 0 aliphatic heterocycles. The van der Waals surface area contributed by atoms with Gasteiger partial charge in [0.15, 0.2) is 0 Å². The normalized spacial score (nSPS) is 10.3. The van der Waals surface area contributed by atoms with Gasteiger partial charge in [0.05, 0.1) is 23.0 Å². The summed E-state index contributed by atoms with van der Waals surface area (Å²) < 4.78 is 0. The minimum absolute atomic E-state index is 0.0826. The zero-order valence-electron chi connectivity index (χ0n) is 12.2. The largest absolute Gasteiger partial charge is 0.368 e. The van der Waals surface area contributed by atoms with Crippen molar-refractivity contribution in [2.45, 2.75) is 5.16 Å². The summed E-state index contributed by atoms with van der Waals surface area (Å²) in [6, 6.07) is 6.88. The number of aromatic nitrogens is 3. The van der Waals surface area contributed by atoms with E-state index in [0.717, 1.165) is 11.8 Å². The number of carbonyl (C=O) groups is 2. The van der Waals surface area contributed by atoms with Gasteiger partial charge in [-0.15, -0.1) is 5.10 Å². The molecule has 0 bridgehead atoms. The lowest BCUT2D eigenvalue weighted by Gasteiger charge is -2.16. The maximum Gasteiger partial charge on any atom is 0.244 e. The van der Waals surface area contributed by atoms with E-state index in [1.54, 1.807) is 31.3 Å². The number of hydrogen-bond donors (Lipinski definition) is 3. The summed E-state index contributed by atoms with van der Waals surface area (Å²) in [7, 11) is 1.54. The first-order valence-corrected chi connectivity index (χ1v) is 7.91. The minimum Gasteiger partial charge on any atom is -0.368 e. The van der Waals surface area contributed by atoms with Crippen LogP contribution in [0.25, 0.3) is 0 Å². The number of nitrogens with zero attached hydrogens (tertiary/aromatic N) is 3. The Balaban J connectivity index is 1.80. The summed E-state index contributed by atoms with van der Waals surface area (Å²) in [6.45, 7) is -0.0826. The predicted octanol–water partition coefficient (Wildman–Crippen LogP) is 1.23. The van der Waals surface area contributed by atoms with E-state index in [1.165, 1.54) is 4.90 Å². The van der Waals surface area contributed by atoms with Crippen molar-refractivity contribution in [3.05, 3.63) is 29.3 Å². The van der Waals surface area contributed by atoms with Crippen molar-refractivity contribution in [1.82, 2.24) is 20.1 Å². The fourth-order valence-electron chi connectivity index (χ4n) is 1.62. The second-order valence-corrected chi connectivity index (χ2v) is 5.92. The van der Waals surface area contributed by atoms with E-state index >= 15 is 0 Å². The molecule has 2 rings (SSSR count). The van der Waals surface area contributed by atoms with Crippen molar-refractivity contribution in [3.63, 3.8) is 0 Å². The number of hydrogen-bond acceptors (Lipinski definition) is 6. The van der Waals surface area contributed by atoms with Gasteiger partial charge in [0.2, 0.25) is 22.9 Å². The smallest absolute Gasteiger partial charge is 0.244 e. The predicted molar refractivity (Wildman–Crippen MR) is 89.2 cm³/mol. The third-order valence-corrected chi connectivity index (χ3v) is 3.92. The van der Waals surface area contributed by atoms with Crippen LogP contribution < -0.4 is 11.1 Å². The third-order valence-electron chi connectivity index (χ3n) is 2.76. The van der Waals surface area contributed by atoms with E-state index in [0.29, 0.717) is 15.9 Å². The number of nitrogens with two attached hydrogens (primary N) is 1. The Hall–Kier alpha value is -2.26. The molecule has 23 heavy (non-hydrogen) atoms. The lowest BCUT2D eigenvalue weighted by atomic mass is 10.3. The quantitative estimate of drug-likeness (QED) is 0.672. The van der Waals surface area contributed by atoms with Crippen molar-refractivity contribution < 1.29 is 9.59 Å². The number of carbonyl (C=O) groups excluding carboxylic acids is 2. The second-order valence-electron chi connectivity index (χ2n) is 4.57. The van der Waals surface area contributed by atoms with E-state index in [2.05, 4.69) is 20.5 Å². The zero-order chi connectivity index (χ0) is 16.8. The molecule has 0 atom stereocenters. The Bertz CT molecular complexity index is 707. The van der Waals surface area contributed by atoms with E-state index < -0.39 is 0 Å². The Kier molecular flexibility index (Phi) is 5.83. The molecule has 4 N–H and O–H groups in total. The van der Waals surface area contributed by atoms with Gasteiger partial charge in [-0.05, 0) is 12.1 Å². The highest BCUT2D eigenvalue weighted by atomic mass is 35.5. The number of benzene rings is 1. The molecular weight excluding hydrogens is 340 g/mol. The van der Waals surface area contributed by atoms with Crippen LogP contribution in [0, 0.1) is 0 Å². The number of anilines is 2. The fourth-order valence-corrected chi connectivity index (χ4v) is 2.54. The minimum atomic E-state index is -0.332. The number of halogens is 1. The molecule has 8 nitrogen and oxygen atoms in total. The maximum absolute atomic E-state index is 12.0. The highest BCUT2D eigenvalue weighted by molar-refractivity contribution is 7.99. The van der Waals surface area contributed by atoms with Crippen LogP contribution in [0.3, 0.4) is 0 Å². The third kappa shape index (κ3) is 5.15. The molecule has 0 spiro atoms. The summed E-state index contributed by atoms with van der Waals surface area (Å²) in [5.41, 5.74) is 5.90. The van der Waals surface area contributed by atoms with Crippen LogP contribution in [0.5, 0.6) is 0 Å². The molecule has 0 saturated heterocycles. The zero-order valence-corrected chi connectivity index (χ0v) is 13.8. The second kappa shape index (κ2) is 7.84. The van der Waals surface area contributed by atoms with Gasteiger partial charge in [-0.25, -0.2) is 5.10 Å². The van der Waals surface area contributed by atoms with Crippen LogP contribution in [-0.2, 0) is 9.59 Å². The highest BCUT2D eigenvalue weighted by Gasteiger charge is 2.15. The van der Waals surface area contributed by atoms with Crippen LogP contribution in [0.4, 0.5) is 11.6 Å². The van der Waals surface area contributed by atoms with Crippen molar-refractivity contribution in [2.24, 2.45) is 0 Å². The number of likely N-dealkylation sites (N-methyl/N-ethyl adjacent to an activating group) is 1. The van der Waals surface area contributed by atoms with Gasteiger partial charge in [0, 0.05) is 7.05 Å². The number of para-hydroxylation sites is 1. The summed E-state index contributed by atoms with van der Waals surface area (Å²) in [4.78, 5) is 29.1. The molecule has 0 unspecified atom stereocenters. The van der Waals surface area contributed by atoms with Gasteiger partial charge >= 0.3 is 0 Å². The first-order valence-electron chi connectivity index (χ1n) is 6.54. The lowest BCUT2D eigenvalue weighted by Crippen LogP contribution is -2.36. The Morgan fingerprint density at radius 2 is 2.17 bits per heavy atom. The number of H-pyrrole nitrogens is 1. The van der Waals surface area contributed by atoms with Crippen molar-refractivity contribution in [3.8, 4) is 0 Å². The van der Waals surface area contributed by atoms with E-state index in [4.69, 9.17) is 17.3 Å². The first-order chi connectivity index (χ1) is 11.0. The molecule has 0 radical (unpaired) electrons. The Morgan fingerprint density at radius 1 is 1.43 bits per heavy atom. The van der Waals surface area contributed by atoms with E-state index in [1.807, 2.05) is 0 Å². The maximum atomic E-state index is 12.0. The fraction of sp³-hybridized carbons (Fsp3) is 0.231. The Morgan fingerprint density at radius 3 is 2.83 bits per heavy atom. The van der Waals surface area contributed by atoms with Gasteiger partial charge in [-0.2, -0.15) is 4.98 Å². The van der Waals surface area contributed by atoms with E-state index in [9.17, 15) is 9.59 Å². The molecule has 0 aliphatic carbocycles. The van der Waals surface area contributed by atoms with Gasteiger partial charge in [0.25, 0.3) is 0 Å². The van der Waals surface area contributed by atoms with Crippen LogP contribution in [0.1, 0.15) is 0 Å². The van der Waals surface area contributed by atoms with Crippen molar-refractivity contribution in [1.29, 1.82) is 0 Å². The highest BCUT2D eigenvalue weighted by Crippen LogP contribution is 2.20. The molecule has 1 aromatic heterocycles. The van der Waals surface area contributed by atoms with Gasteiger partial charge in [0.1, 0.15) is 0 Å². The summed E-state index contributed by atoms with van der Waals surface area (Å²) in [6.07, 6.45) is 0. The number of amides is 2. The number of aromatic amines is 1. The summed E-state index contributed by atoms with van der Waals surface area (Å²) in [5.74, 6) is -0.270. The van der Waals surface area contributed by atoms with Crippen LogP contribution >= 0.6 is 23.4 Å². The number of rotatable bonds is 6. The first kappa shape index (κ1) is 17.1. The molecule has 2 amide bonds. The molecule has 1 aromatic carbocycles. The molecule has 2 aromatic rings. The number of nitrogen functional groups attached to an aromatic ring is 1. The molecule has 10 heteroatoms.